The van der Waals surface area contributed by atoms with Crippen LogP contribution in [-0.2, 0) is 6.54 Å². The molecule has 0 radical (unpaired) electrons. The lowest BCUT2D eigenvalue weighted by Gasteiger charge is -2.17. The number of hydrogen-bond donors (Lipinski definition) is 1. The van der Waals surface area contributed by atoms with Gasteiger partial charge in [0.25, 0.3) is 5.91 Å². The van der Waals surface area contributed by atoms with Crippen LogP contribution in [0.15, 0.2) is 29.6 Å². The third kappa shape index (κ3) is 4.07. The molecule has 1 aliphatic rings. The molecule has 3 heterocycles. The molecule has 8 heteroatoms. The molecule has 1 amide bonds. The fourth-order valence-corrected chi connectivity index (χ4v) is 3.96. The van der Waals surface area contributed by atoms with E-state index in [9.17, 15) is 4.79 Å². The minimum atomic E-state index is -0.0678. The van der Waals surface area contributed by atoms with E-state index in [1.54, 1.807) is 0 Å². The van der Waals surface area contributed by atoms with Gasteiger partial charge in [0.05, 0.1) is 18.1 Å². The van der Waals surface area contributed by atoms with Crippen LogP contribution in [0.1, 0.15) is 34.3 Å². The first-order valence-electron chi connectivity index (χ1n) is 9.95. The first kappa shape index (κ1) is 19.7. The molecule has 1 aromatic carbocycles. The zero-order valence-corrected chi connectivity index (χ0v) is 17.9. The maximum atomic E-state index is 12.5. The molecule has 0 spiro atoms. The molecule has 7 nitrogen and oxygen atoms in total. The number of fused-ring (bicyclic) bond motifs is 1. The summed E-state index contributed by atoms with van der Waals surface area (Å²) in [6.07, 6.45) is 6.22. The van der Waals surface area contributed by atoms with Crippen LogP contribution in [0.5, 0.6) is 0 Å². The third-order valence-electron chi connectivity index (χ3n) is 5.42. The molecule has 3 aromatic rings. The Morgan fingerprint density at radius 1 is 1.17 bits per heavy atom. The maximum Gasteiger partial charge on any atom is 0.251 e. The van der Waals surface area contributed by atoms with Crippen molar-refractivity contribution in [1.82, 2.24) is 25.1 Å². The molecule has 2 aromatic heterocycles. The van der Waals surface area contributed by atoms with Gasteiger partial charge < -0.3 is 10.2 Å². The summed E-state index contributed by atoms with van der Waals surface area (Å²) in [5.41, 5.74) is 3.81. The Labute approximate surface area is 174 Å². The number of anilines is 1. The van der Waals surface area contributed by atoms with Crippen molar-refractivity contribution in [2.24, 2.45) is 0 Å². The van der Waals surface area contributed by atoms with Gasteiger partial charge in [-0.1, -0.05) is 17.8 Å². The Bertz CT molecular complexity index is 1040. The number of nitrogens with one attached hydrogen (secondary N) is 1. The van der Waals surface area contributed by atoms with Crippen molar-refractivity contribution in [2.45, 2.75) is 38.4 Å². The zero-order chi connectivity index (χ0) is 20.4. The van der Waals surface area contributed by atoms with Crippen molar-refractivity contribution in [1.29, 1.82) is 0 Å². The van der Waals surface area contributed by atoms with Gasteiger partial charge in [-0.25, -0.2) is 14.6 Å². The van der Waals surface area contributed by atoms with Crippen LogP contribution in [0, 0.1) is 13.8 Å². The number of benzene rings is 1. The van der Waals surface area contributed by atoms with Gasteiger partial charge in [-0.2, -0.15) is 5.10 Å². The van der Waals surface area contributed by atoms with Crippen molar-refractivity contribution >= 4 is 34.5 Å². The lowest BCUT2D eigenvalue weighted by atomic mass is 10.1. The van der Waals surface area contributed by atoms with Crippen LogP contribution < -0.4 is 10.2 Å². The molecule has 29 heavy (non-hydrogen) atoms. The highest BCUT2D eigenvalue weighted by Crippen LogP contribution is 2.28. The predicted molar refractivity (Wildman–Crippen MR) is 117 cm³/mol. The Hall–Kier alpha value is -2.61. The number of aromatic nitrogens is 4. The smallest absolute Gasteiger partial charge is 0.251 e. The van der Waals surface area contributed by atoms with Crippen LogP contribution in [0.4, 0.5) is 5.82 Å². The summed E-state index contributed by atoms with van der Waals surface area (Å²) in [5, 5.41) is 9.24. The molecule has 1 saturated heterocycles. The van der Waals surface area contributed by atoms with E-state index in [1.165, 1.54) is 30.2 Å². The number of amides is 1. The standard InChI is InChI=1S/C21H26N6OS/c1-14-6-7-16(12-15(14)2)20(28)22-8-11-27-19-17(13-23-27)18(24-21(25-19)29-3)26-9-4-5-10-26/h6-7,12-13H,4-5,8-11H2,1-3H3,(H,22,28). The first-order chi connectivity index (χ1) is 14.1. The van der Waals surface area contributed by atoms with Crippen LogP contribution in [0.2, 0.25) is 0 Å². The van der Waals surface area contributed by atoms with E-state index in [-0.39, 0.29) is 5.91 Å². The molecule has 0 aliphatic carbocycles. The lowest BCUT2D eigenvalue weighted by Crippen LogP contribution is -2.27. The molecule has 0 atom stereocenters. The highest BCUT2D eigenvalue weighted by Gasteiger charge is 2.20. The second kappa shape index (κ2) is 8.41. The Kier molecular flexibility index (Phi) is 5.71. The quantitative estimate of drug-likeness (QED) is 0.497. The van der Waals surface area contributed by atoms with Crippen LogP contribution in [0.3, 0.4) is 0 Å². The molecule has 4 rings (SSSR count). The van der Waals surface area contributed by atoms with Crippen molar-refractivity contribution in [3.63, 3.8) is 0 Å². The highest BCUT2D eigenvalue weighted by atomic mass is 32.2. The first-order valence-corrected chi connectivity index (χ1v) is 11.2. The number of carbonyl (C=O) groups excluding carboxylic acids is 1. The third-order valence-corrected chi connectivity index (χ3v) is 5.97. The normalized spacial score (nSPS) is 14.0. The molecule has 1 fully saturated rings. The Morgan fingerprint density at radius 3 is 2.69 bits per heavy atom. The Morgan fingerprint density at radius 2 is 1.97 bits per heavy atom. The fraction of sp³-hybridized carbons (Fsp3) is 0.429. The number of aryl methyl sites for hydroxylation is 2. The van der Waals surface area contributed by atoms with Crippen molar-refractivity contribution < 1.29 is 4.79 Å². The summed E-state index contributed by atoms with van der Waals surface area (Å²) in [6, 6.07) is 5.77. The SMILES string of the molecule is CSc1nc(N2CCCC2)c2cnn(CCNC(=O)c3ccc(C)c(C)c3)c2n1. The molecular weight excluding hydrogens is 384 g/mol. The molecule has 1 aliphatic heterocycles. The summed E-state index contributed by atoms with van der Waals surface area (Å²) in [6.45, 7) is 7.16. The number of nitrogens with zero attached hydrogens (tertiary/aromatic N) is 5. The van der Waals surface area contributed by atoms with Gasteiger partial charge in [-0.3, -0.25) is 4.79 Å². The van der Waals surface area contributed by atoms with E-state index >= 15 is 0 Å². The highest BCUT2D eigenvalue weighted by molar-refractivity contribution is 7.98. The summed E-state index contributed by atoms with van der Waals surface area (Å²) >= 11 is 1.54. The van der Waals surface area contributed by atoms with Crippen LogP contribution in [0.25, 0.3) is 11.0 Å². The second-order valence-corrected chi connectivity index (χ2v) is 8.16. The molecule has 0 unspecified atom stereocenters. The second-order valence-electron chi connectivity index (χ2n) is 7.39. The zero-order valence-electron chi connectivity index (χ0n) is 17.1. The van der Waals surface area contributed by atoms with E-state index in [0.29, 0.717) is 18.7 Å². The van der Waals surface area contributed by atoms with Crippen molar-refractivity contribution in [2.75, 3.05) is 30.8 Å². The molecule has 152 valence electrons. The summed E-state index contributed by atoms with van der Waals surface area (Å²) in [5.74, 6) is 0.906. The number of carbonyl (C=O) groups is 1. The van der Waals surface area contributed by atoms with Gasteiger partial charge in [0.2, 0.25) is 0 Å². The van der Waals surface area contributed by atoms with Gasteiger partial charge in [0.15, 0.2) is 10.8 Å². The minimum Gasteiger partial charge on any atom is -0.356 e. The topological polar surface area (TPSA) is 75.9 Å². The summed E-state index contributed by atoms with van der Waals surface area (Å²) in [7, 11) is 0. The predicted octanol–water partition coefficient (Wildman–Crippen LogP) is 3.20. The molecule has 0 saturated carbocycles. The Balaban J connectivity index is 1.50. The van der Waals surface area contributed by atoms with Gasteiger partial charge in [0, 0.05) is 25.2 Å². The van der Waals surface area contributed by atoms with E-state index in [4.69, 9.17) is 4.98 Å². The van der Waals surface area contributed by atoms with E-state index in [2.05, 4.69) is 20.3 Å². The van der Waals surface area contributed by atoms with Crippen LogP contribution >= 0.6 is 11.8 Å². The van der Waals surface area contributed by atoms with E-state index < -0.39 is 0 Å². The monoisotopic (exact) mass is 410 g/mol. The van der Waals surface area contributed by atoms with E-state index in [0.717, 1.165) is 40.7 Å². The van der Waals surface area contributed by atoms with Gasteiger partial charge in [0.1, 0.15) is 5.82 Å². The fourth-order valence-electron chi connectivity index (χ4n) is 3.61. The average molecular weight is 411 g/mol. The molecular formula is C21H26N6OS. The minimum absolute atomic E-state index is 0.0678. The number of rotatable bonds is 6. The van der Waals surface area contributed by atoms with Crippen LogP contribution in [-0.4, -0.2) is 51.5 Å². The lowest BCUT2D eigenvalue weighted by molar-refractivity contribution is 0.0952. The van der Waals surface area contributed by atoms with Gasteiger partial charge in [-0.05, 0) is 56.2 Å². The van der Waals surface area contributed by atoms with Crippen molar-refractivity contribution in [3.8, 4) is 0 Å². The molecule has 1 N–H and O–H groups in total. The number of hydrogen-bond acceptors (Lipinski definition) is 6. The van der Waals surface area contributed by atoms with Crippen molar-refractivity contribution in [3.05, 3.63) is 41.1 Å². The summed E-state index contributed by atoms with van der Waals surface area (Å²) in [4.78, 5) is 24.2. The van der Waals surface area contributed by atoms with Gasteiger partial charge in [-0.15, -0.1) is 0 Å². The molecule has 0 bridgehead atoms. The average Bonchev–Trinajstić information content (AvgIpc) is 3.39. The van der Waals surface area contributed by atoms with Gasteiger partial charge >= 0.3 is 0 Å². The largest absolute Gasteiger partial charge is 0.356 e. The number of thioether (sulfide) groups is 1. The maximum absolute atomic E-state index is 12.5. The summed E-state index contributed by atoms with van der Waals surface area (Å²) < 4.78 is 1.86. The van der Waals surface area contributed by atoms with E-state index in [1.807, 2.05) is 49.2 Å².